The lowest BCUT2D eigenvalue weighted by Gasteiger charge is -2.24. The Morgan fingerprint density at radius 2 is 1.88 bits per heavy atom. The van der Waals surface area contributed by atoms with Crippen LogP contribution in [0, 0.1) is 0 Å². The summed E-state index contributed by atoms with van der Waals surface area (Å²) in [7, 11) is 0. The number of amides is 1. The van der Waals surface area contributed by atoms with Gasteiger partial charge in [-0.15, -0.1) is 11.3 Å². The zero-order valence-electron chi connectivity index (χ0n) is 14.0. The highest BCUT2D eigenvalue weighted by Crippen LogP contribution is 2.30. The molecule has 0 N–H and O–H groups in total. The summed E-state index contributed by atoms with van der Waals surface area (Å²) in [6, 6.07) is 18.3. The van der Waals surface area contributed by atoms with Crippen molar-refractivity contribution in [1.82, 2.24) is 4.90 Å². The second-order valence-corrected chi connectivity index (χ2v) is 8.16. The van der Waals surface area contributed by atoms with Gasteiger partial charge in [0, 0.05) is 28.7 Å². The highest BCUT2D eigenvalue weighted by atomic mass is 35.5. The van der Waals surface area contributed by atoms with Crippen molar-refractivity contribution in [3.05, 3.63) is 70.1 Å². The summed E-state index contributed by atoms with van der Waals surface area (Å²) in [6.07, 6.45) is 3.35. The van der Waals surface area contributed by atoms with Crippen LogP contribution in [0.1, 0.15) is 40.4 Å². The van der Waals surface area contributed by atoms with Crippen LogP contribution in [-0.4, -0.2) is 23.9 Å². The molecule has 1 aliphatic heterocycles. The smallest absolute Gasteiger partial charge is 0.263 e. The molecule has 25 heavy (non-hydrogen) atoms. The second kappa shape index (κ2) is 7.19. The van der Waals surface area contributed by atoms with Gasteiger partial charge >= 0.3 is 0 Å². The van der Waals surface area contributed by atoms with Gasteiger partial charge in [0.05, 0.1) is 4.88 Å². The molecule has 4 heteroatoms. The summed E-state index contributed by atoms with van der Waals surface area (Å²) in [5, 5.41) is 1.91. The van der Waals surface area contributed by atoms with E-state index in [-0.39, 0.29) is 5.91 Å². The molecule has 1 aliphatic rings. The third-order valence-electron chi connectivity index (χ3n) is 4.94. The van der Waals surface area contributed by atoms with Gasteiger partial charge in [0.25, 0.3) is 5.91 Å². The molecule has 1 fully saturated rings. The normalized spacial score (nSPS) is 18.3. The van der Waals surface area contributed by atoms with Crippen LogP contribution in [0.3, 0.4) is 0 Å². The minimum Gasteiger partial charge on any atom is -0.337 e. The van der Waals surface area contributed by atoms with Gasteiger partial charge in [-0.05, 0) is 48.1 Å². The first-order valence-corrected chi connectivity index (χ1v) is 9.93. The first kappa shape index (κ1) is 16.6. The third kappa shape index (κ3) is 3.58. The van der Waals surface area contributed by atoms with Crippen LogP contribution >= 0.6 is 22.9 Å². The van der Waals surface area contributed by atoms with Crippen molar-refractivity contribution < 1.29 is 4.79 Å². The Morgan fingerprint density at radius 3 is 2.68 bits per heavy atom. The largest absolute Gasteiger partial charge is 0.337 e. The van der Waals surface area contributed by atoms with E-state index in [2.05, 4.69) is 24.3 Å². The van der Waals surface area contributed by atoms with Crippen molar-refractivity contribution in [2.75, 3.05) is 13.1 Å². The first-order chi connectivity index (χ1) is 12.2. The molecule has 1 saturated heterocycles. The Hall–Kier alpha value is -1.84. The number of rotatable bonds is 2. The molecule has 0 bridgehead atoms. The van der Waals surface area contributed by atoms with E-state index >= 15 is 0 Å². The number of nitrogens with zero attached hydrogens (tertiary/aromatic N) is 1. The maximum atomic E-state index is 13.1. The Labute approximate surface area is 157 Å². The Morgan fingerprint density at radius 1 is 1.08 bits per heavy atom. The van der Waals surface area contributed by atoms with Gasteiger partial charge < -0.3 is 4.90 Å². The van der Waals surface area contributed by atoms with Crippen LogP contribution in [0.2, 0.25) is 5.02 Å². The van der Waals surface area contributed by atoms with E-state index in [0.29, 0.717) is 5.92 Å². The maximum absolute atomic E-state index is 13.1. The van der Waals surface area contributed by atoms with Crippen molar-refractivity contribution in [3.8, 4) is 0 Å². The number of hydrogen-bond donors (Lipinski definition) is 0. The molecule has 3 aromatic rings. The Balaban J connectivity index is 1.57. The summed E-state index contributed by atoms with van der Waals surface area (Å²) in [5.74, 6) is 0.556. The Bertz CT molecular complexity index is 853. The minimum absolute atomic E-state index is 0.169. The summed E-state index contributed by atoms with van der Waals surface area (Å²) >= 11 is 7.61. The molecule has 0 aliphatic carbocycles. The number of carbonyl (C=O) groups excluding carboxylic acids is 1. The van der Waals surface area contributed by atoms with Gasteiger partial charge in [-0.1, -0.05) is 48.4 Å². The van der Waals surface area contributed by atoms with E-state index in [9.17, 15) is 4.79 Å². The fourth-order valence-electron chi connectivity index (χ4n) is 3.58. The summed E-state index contributed by atoms with van der Waals surface area (Å²) < 4.78 is 1.18. The number of likely N-dealkylation sites (tertiary alicyclic amines) is 1. The SMILES string of the molecule is O=C(c1cc2ccccc2s1)N1CCCCC(c2ccc(Cl)cc2)C1. The molecular formula is C21H20ClNOS. The topological polar surface area (TPSA) is 20.3 Å². The fourth-order valence-corrected chi connectivity index (χ4v) is 4.73. The molecule has 0 saturated carbocycles. The molecule has 0 radical (unpaired) electrons. The standard InChI is InChI=1S/C21H20ClNOS/c22-18-10-8-15(9-11-18)17-6-3-4-12-23(14-17)21(24)20-13-16-5-1-2-7-19(16)25-20/h1-2,5,7-11,13,17H,3-4,6,12,14H2. The predicted octanol–water partition coefficient (Wildman–Crippen LogP) is 5.96. The van der Waals surface area contributed by atoms with Crippen LogP contribution in [0.15, 0.2) is 54.6 Å². The summed E-state index contributed by atoms with van der Waals surface area (Å²) in [4.78, 5) is 16.0. The fraction of sp³-hybridized carbons (Fsp3) is 0.286. The van der Waals surface area contributed by atoms with Crippen molar-refractivity contribution in [3.63, 3.8) is 0 Å². The predicted molar refractivity (Wildman–Crippen MR) is 106 cm³/mol. The number of halogens is 1. The molecule has 0 spiro atoms. The molecule has 128 valence electrons. The van der Waals surface area contributed by atoms with Gasteiger partial charge in [0.2, 0.25) is 0 Å². The molecular weight excluding hydrogens is 350 g/mol. The van der Waals surface area contributed by atoms with E-state index in [1.807, 2.05) is 35.2 Å². The number of fused-ring (bicyclic) bond motifs is 1. The van der Waals surface area contributed by atoms with Gasteiger partial charge in [-0.3, -0.25) is 4.79 Å². The molecule has 1 unspecified atom stereocenters. The van der Waals surface area contributed by atoms with Gasteiger partial charge in [-0.2, -0.15) is 0 Å². The lowest BCUT2D eigenvalue weighted by Crippen LogP contribution is -2.33. The van der Waals surface area contributed by atoms with Gasteiger partial charge in [-0.25, -0.2) is 0 Å². The summed E-state index contributed by atoms with van der Waals surface area (Å²) in [6.45, 7) is 1.63. The number of thiophene rings is 1. The molecule has 2 nitrogen and oxygen atoms in total. The van der Waals surface area contributed by atoms with Crippen molar-refractivity contribution in [2.45, 2.75) is 25.2 Å². The molecule has 4 rings (SSSR count). The molecule has 1 aromatic heterocycles. The van der Waals surface area contributed by atoms with E-state index in [0.717, 1.165) is 47.6 Å². The zero-order chi connectivity index (χ0) is 17.2. The van der Waals surface area contributed by atoms with Crippen LogP contribution in [0.4, 0.5) is 0 Å². The number of benzene rings is 2. The quantitative estimate of drug-likeness (QED) is 0.545. The van der Waals surface area contributed by atoms with Crippen LogP contribution < -0.4 is 0 Å². The molecule has 2 aromatic carbocycles. The minimum atomic E-state index is 0.169. The van der Waals surface area contributed by atoms with Crippen LogP contribution in [0.5, 0.6) is 0 Å². The average Bonchev–Trinajstić information content (AvgIpc) is 2.92. The molecule has 1 atom stereocenters. The van der Waals surface area contributed by atoms with E-state index in [4.69, 9.17) is 11.6 Å². The van der Waals surface area contributed by atoms with Crippen molar-refractivity contribution in [1.29, 1.82) is 0 Å². The van der Waals surface area contributed by atoms with Crippen LogP contribution in [0.25, 0.3) is 10.1 Å². The molecule has 2 heterocycles. The molecule has 1 amide bonds. The van der Waals surface area contributed by atoms with Gasteiger partial charge in [0.1, 0.15) is 0 Å². The lowest BCUT2D eigenvalue weighted by molar-refractivity contribution is 0.0759. The zero-order valence-corrected chi connectivity index (χ0v) is 15.5. The maximum Gasteiger partial charge on any atom is 0.263 e. The van der Waals surface area contributed by atoms with Crippen LogP contribution in [-0.2, 0) is 0 Å². The monoisotopic (exact) mass is 369 g/mol. The van der Waals surface area contributed by atoms with E-state index in [1.54, 1.807) is 11.3 Å². The van der Waals surface area contributed by atoms with E-state index in [1.165, 1.54) is 10.3 Å². The second-order valence-electron chi connectivity index (χ2n) is 6.64. The lowest BCUT2D eigenvalue weighted by atomic mass is 9.94. The number of hydrogen-bond acceptors (Lipinski definition) is 2. The summed E-state index contributed by atoms with van der Waals surface area (Å²) in [5.41, 5.74) is 1.28. The van der Waals surface area contributed by atoms with Gasteiger partial charge in [0.15, 0.2) is 0 Å². The first-order valence-electron chi connectivity index (χ1n) is 8.74. The highest BCUT2D eigenvalue weighted by molar-refractivity contribution is 7.20. The highest BCUT2D eigenvalue weighted by Gasteiger charge is 2.25. The Kier molecular flexibility index (Phi) is 4.78. The average molecular weight is 370 g/mol. The third-order valence-corrected chi connectivity index (χ3v) is 6.29. The van der Waals surface area contributed by atoms with E-state index < -0.39 is 0 Å². The number of carbonyl (C=O) groups is 1. The van der Waals surface area contributed by atoms with Crippen molar-refractivity contribution in [2.24, 2.45) is 0 Å². The van der Waals surface area contributed by atoms with Crippen molar-refractivity contribution >= 4 is 38.9 Å².